The van der Waals surface area contributed by atoms with Gasteiger partial charge in [-0.1, -0.05) is 19.4 Å². The fourth-order valence-corrected chi connectivity index (χ4v) is 2.72. The molecule has 1 aromatic carbocycles. The van der Waals surface area contributed by atoms with Crippen molar-refractivity contribution in [2.75, 3.05) is 13.1 Å². The number of hydrogen-bond acceptors (Lipinski definition) is 4. The Morgan fingerprint density at radius 2 is 1.89 bits per heavy atom. The number of halogens is 4. The van der Waals surface area contributed by atoms with Gasteiger partial charge >= 0.3 is 12.1 Å². The van der Waals surface area contributed by atoms with Crippen LogP contribution in [-0.2, 0) is 16.0 Å². The minimum Gasteiger partial charge on any atom is -0.505 e. The largest absolute Gasteiger partial charge is 0.505 e. The van der Waals surface area contributed by atoms with E-state index in [4.69, 9.17) is 20.7 Å². The third-order valence-electron chi connectivity index (χ3n) is 4.11. The number of phenolic OH excluding ortho intramolecular Hbond substituents is 1. The number of aromatic hydroxyl groups is 1. The number of carboxylic acids is 1. The van der Waals surface area contributed by atoms with Gasteiger partial charge in [0.05, 0.1) is 6.42 Å². The van der Waals surface area contributed by atoms with Gasteiger partial charge < -0.3 is 20.8 Å². The lowest BCUT2D eigenvalue weighted by atomic mass is 9.99. The number of carbonyl (C=O) groups is 2. The van der Waals surface area contributed by atoms with Crippen molar-refractivity contribution < 1.29 is 37.4 Å². The Bertz CT molecular complexity index is 667. The summed E-state index contributed by atoms with van der Waals surface area (Å²) >= 11 is 0. The maximum Gasteiger partial charge on any atom is 0.490 e. The van der Waals surface area contributed by atoms with E-state index in [0.717, 1.165) is 12.8 Å². The van der Waals surface area contributed by atoms with Crippen molar-refractivity contribution in [1.82, 2.24) is 4.90 Å². The highest BCUT2D eigenvalue weighted by Gasteiger charge is 2.38. The van der Waals surface area contributed by atoms with Gasteiger partial charge in [0, 0.05) is 19.1 Å². The Labute approximate surface area is 153 Å². The van der Waals surface area contributed by atoms with E-state index < -0.39 is 23.7 Å². The normalized spacial score (nSPS) is 19.4. The second-order valence-corrected chi connectivity index (χ2v) is 6.28. The molecule has 0 spiro atoms. The van der Waals surface area contributed by atoms with Crippen LogP contribution in [0.25, 0.3) is 0 Å². The molecule has 1 heterocycles. The molecule has 27 heavy (non-hydrogen) atoms. The molecule has 10 heteroatoms. The van der Waals surface area contributed by atoms with Crippen LogP contribution in [0.15, 0.2) is 18.2 Å². The smallest absolute Gasteiger partial charge is 0.490 e. The van der Waals surface area contributed by atoms with E-state index >= 15 is 0 Å². The monoisotopic (exact) mass is 394 g/mol. The van der Waals surface area contributed by atoms with Crippen molar-refractivity contribution in [2.45, 2.75) is 38.4 Å². The molecule has 1 amide bonds. The molecule has 1 saturated heterocycles. The van der Waals surface area contributed by atoms with E-state index in [1.807, 2.05) is 0 Å². The van der Waals surface area contributed by atoms with Crippen molar-refractivity contribution in [2.24, 2.45) is 11.7 Å². The number of carbonyl (C=O) groups excluding carboxylic acids is 1. The number of alkyl halides is 3. The van der Waals surface area contributed by atoms with E-state index in [-0.39, 0.29) is 18.4 Å². The quantitative estimate of drug-likeness (QED) is 0.680. The first-order valence-electron chi connectivity index (χ1n) is 8.26. The number of nitrogens with zero attached hydrogens (tertiary/aromatic N) is 1. The predicted molar refractivity (Wildman–Crippen MR) is 88.4 cm³/mol. The first kappa shape index (κ1) is 22.7. The Morgan fingerprint density at radius 3 is 2.37 bits per heavy atom. The summed E-state index contributed by atoms with van der Waals surface area (Å²) in [5.74, 6) is -3.53. The molecule has 0 aliphatic carbocycles. The summed E-state index contributed by atoms with van der Waals surface area (Å²) < 4.78 is 45.0. The van der Waals surface area contributed by atoms with Crippen LogP contribution in [0.5, 0.6) is 5.75 Å². The first-order chi connectivity index (χ1) is 12.5. The molecular formula is C17H22F4N2O4. The summed E-state index contributed by atoms with van der Waals surface area (Å²) in [6.07, 6.45) is -2.86. The number of hydrogen-bond donors (Lipinski definition) is 3. The van der Waals surface area contributed by atoms with Crippen LogP contribution in [0.4, 0.5) is 17.6 Å². The summed E-state index contributed by atoms with van der Waals surface area (Å²) in [5.41, 5.74) is 6.61. The Hall–Kier alpha value is -2.36. The maximum atomic E-state index is 13.2. The molecule has 4 N–H and O–H groups in total. The molecule has 1 aliphatic rings. The highest BCUT2D eigenvalue weighted by atomic mass is 19.4. The molecule has 0 bridgehead atoms. The number of amides is 1. The molecule has 0 unspecified atom stereocenters. The molecule has 0 saturated carbocycles. The van der Waals surface area contributed by atoms with Crippen molar-refractivity contribution in [3.63, 3.8) is 0 Å². The van der Waals surface area contributed by atoms with Crippen LogP contribution in [-0.4, -0.2) is 52.3 Å². The zero-order chi connectivity index (χ0) is 20.8. The summed E-state index contributed by atoms with van der Waals surface area (Å²) in [6, 6.07) is 4.08. The maximum absolute atomic E-state index is 13.2. The lowest BCUT2D eigenvalue weighted by molar-refractivity contribution is -0.192. The number of rotatable bonds is 4. The van der Waals surface area contributed by atoms with Crippen LogP contribution in [0, 0.1) is 11.7 Å². The second-order valence-electron chi connectivity index (χ2n) is 6.28. The predicted octanol–water partition coefficient (Wildman–Crippen LogP) is 2.29. The molecular weight excluding hydrogens is 372 g/mol. The molecule has 152 valence electrons. The molecule has 0 aromatic heterocycles. The van der Waals surface area contributed by atoms with Gasteiger partial charge in [-0.15, -0.1) is 0 Å². The van der Waals surface area contributed by atoms with E-state index in [1.165, 1.54) is 12.1 Å². The van der Waals surface area contributed by atoms with Crippen LogP contribution in [0.1, 0.15) is 25.3 Å². The number of phenols is 1. The highest BCUT2D eigenvalue weighted by molar-refractivity contribution is 5.79. The SMILES string of the molecule is CCC[C@H]1CN(C(=O)Cc2ccc(O)c(F)c2)C[C@@H]1N.O=C(O)C(F)(F)F. The van der Waals surface area contributed by atoms with Crippen LogP contribution < -0.4 is 5.73 Å². The fraction of sp³-hybridized carbons (Fsp3) is 0.529. The zero-order valence-corrected chi connectivity index (χ0v) is 14.7. The third-order valence-corrected chi connectivity index (χ3v) is 4.11. The van der Waals surface area contributed by atoms with Crippen molar-refractivity contribution in [3.8, 4) is 5.75 Å². The minimum atomic E-state index is -5.08. The van der Waals surface area contributed by atoms with Gasteiger partial charge in [-0.25, -0.2) is 9.18 Å². The number of likely N-dealkylation sites (tertiary alicyclic amines) is 1. The molecule has 6 nitrogen and oxygen atoms in total. The molecule has 1 aliphatic heterocycles. The third kappa shape index (κ3) is 7.05. The molecule has 1 aromatic rings. The summed E-state index contributed by atoms with van der Waals surface area (Å²) in [4.78, 5) is 22.8. The van der Waals surface area contributed by atoms with Crippen LogP contribution >= 0.6 is 0 Å². The lowest BCUT2D eigenvalue weighted by Crippen LogP contribution is -2.33. The van der Waals surface area contributed by atoms with Gasteiger partial charge in [0.15, 0.2) is 11.6 Å². The lowest BCUT2D eigenvalue weighted by Gasteiger charge is -2.16. The van der Waals surface area contributed by atoms with Crippen molar-refractivity contribution >= 4 is 11.9 Å². The van der Waals surface area contributed by atoms with Gasteiger partial charge in [-0.05, 0) is 30.0 Å². The van der Waals surface area contributed by atoms with Crippen molar-refractivity contribution in [3.05, 3.63) is 29.6 Å². The molecule has 1 fully saturated rings. The second kappa shape index (κ2) is 9.54. The number of benzene rings is 1. The van der Waals surface area contributed by atoms with Gasteiger partial charge in [-0.2, -0.15) is 13.2 Å². The Morgan fingerprint density at radius 1 is 1.30 bits per heavy atom. The zero-order valence-electron chi connectivity index (χ0n) is 14.7. The van der Waals surface area contributed by atoms with Gasteiger partial charge in [0.25, 0.3) is 0 Å². The van der Waals surface area contributed by atoms with Crippen LogP contribution in [0.3, 0.4) is 0 Å². The van der Waals surface area contributed by atoms with Gasteiger partial charge in [0.2, 0.25) is 5.91 Å². The highest BCUT2D eigenvalue weighted by Crippen LogP contribution is 2.22. The average molecular weight is 394 g/mol. The first-order valence-corrected chi connectivity index (χ1v) is 8.26. The standard InChI is InChI=1S/C15H21FN2O2.C2HF3O2/c1-2-3-11-8-18(9-13(11)17)15(20)7-10-4-5-14(19)12(16)6-10;3-2(4,5)1(6)7/h4-6,11,13,19H,2-3,7-9,17H2,1H3;(H,6,7)/t11-,13-;/m0./s1. The van der Waals surface area contributed by atoms with E-state index in [1.54, 1.807) is 11.0 Å². The summed E-state index contributed by atoms with van der Waals surface area (Å²) in [5, 5.41) is 16.3. The molecule has 0 radical (unpaired) electrons. The number of carboxylic acid groups (broad SMARTS) is 1. The molecule has 2 atom stereocenters. The van der Waals surface area contributed by atoms with Crippen molar-refractivity contribution in [1.29, 1.82) is 0 Å². The van der Waals surface area contributed by atoms with E-state index in [9.17, 15) is 22.4 Å². The number of nitrogens with two attached hydrogens (primary N) is 1. The van der Waals surface area contributed by atoms with Gasteiger partial charge in [-0.3, -0.25) is 4.79 Å². The summed E-state index contributed by atoms with van der Waals surface area (Å²) in [6.45, 7) is 3.37. The topological polar surface area (TPSA) is 104 Å². The fourth-order valence-electron chi connectivity index (χ4n) is 2.72. The average Bonchev–Trinajstić information content (AvgIpc) is 2.92. The van der Waals surface area contributed by atoms with E-state index in [0.29, 0.717) is 24.6 Å². The van der Waals surface area contributed by atoms with Gasteiger partial charge in [0.1, 0.15) is 0 Å². The van der Waals surface area contributed by atoms with Crippen LogP contribution in [0.2, 0.25) is 0 Å². The Kier molecular flexibility index (Phi) is 8.01. The number of aliphatic carboxylic acids is 1. The van der Waals surface area contributed by atoms with E-state index in [2.05, 4.69) is 6.92 Å². The molecule has 2 rings (SSSR count). The minimum absolute atomic E-state index is 0.0375. The Balaban J connectivity index is 0.000000445. The summed E-state index contributed by atoms with van der Waals surface area (Å²) in [7, 11) is 0.